The quantitative estimate of drug-likeness (QED) is 0.806. The first kappa shape index (κ1) is 15.2. The first-order chi connectivity index (χ1) is 9.81. The van der Waals surface area contributed by atoms with E-state index in [0.717, 1.165) is 6.26 Å². The van der Waals surface area contributed by atoms with Crippen LogP contribution in [-0.4, -0.2) is 24.6 Å². The molecule has 1 aromatic heterocycles. The van der Waals surface area contributed by atoms with Crippen molar-refractivity contribution in [2.45, 2.75) is 11.8 Å². The van der Waals surface area contributed by atoms with Gasteiger partial charge in [-0.3, -0.25) is 0 Å². The fraction of sp³-hybridized carbons (Fsp3) is 0.154. The van der Waals surface area contributed by atoms with Crippen molar-refractivity contribution in [2.75, 3.05) is 6.26 Å². The zero-order valence-corrected chi connectivity index (χ0v) is 12.7. The molecule has 0 aliphatic carbocycles. The van der Waals surface area contributed by atoms with E-state index in [1.807, 2.05) is 6.07 Å². The van der Waals surface area contributed by atoms with E-state index in [-0.39, 0.29) is 21.5 Å². The first-order valence-corrected chi connectivity index (χ1v) is 8.00. The smallest absolute Gasteiger partial charge is 0.242 e. The van der Waals surface area contributed by atoms with Crippen LogP contribution in [0.4, 0.5) is 0 Å². The Morgan fingerprint density at radius 1 is 1.24 bits per heavy atom. The number of halogens is 1. The van der Waals surface area contributed by atoms with Gasteiger partial charge in [0.05, 0.1) is 4.90 Å². The Bertz CT molecular complexity index is 827. The van der Waals surface area contributed by atoms with Gasteiger partial charge in [-0.2, -0.15) is 10.2 Å². The van der Waals surface area contributed by atoms with Crippen LogP contribution in [0.2, 0.25) is 5.15 Å². The van der Waals surface area contributed by atoms with Crippen LogP contribution in [0.1, 0.15) is 11.4 Å². The zero-order valence-electron chi connectivity index (χ0n) is 11.2. The highest BCUT2D eigenvalue weighted by atomic mass is 35.5. The second kappa shape index (κ2) is 5.68. The Morgan fingerprint density at radius 2 is 1.86 bits per heavy atom. The molecule has 1 heterocycles. The van der Waals surface area contributed by atoms with Gasteiger partial charge in [-0.05, 0) is 31.2 Å². The molecule has 8 heteroatoms. The molecule has 0 atom stereocenters. The van der Waals surface area contributed by atoms with Gasteiger partial charge in [-0.15, -0.1) is 0 Å². The minimum atomic E-state index is -3.27. The number of ether oxygens (including phenoxy) is 1. The van der Waals surface area contributed by atoms with Crippen molar-refractivity contribution in [2.24, 2.45) is 0 Å². The maximum atomic E-state index is 11.4. The normalized spacial score (nSPS) is 11.0. The first-order valence-electron chi connectivity index (χ1n) is 5.73. The van der Waals surface area contributed by atoms with Gasteiger partial charge < -0.3 is 4.74 Å². The van der Waals surface area contributed by atoms with E-state index in [2.05, 4.69) is 9.97 Å². The van der Waals surface area contributed by atoms with Crippen LogP contribution in [0, 0.1) is 18.3 Å². The summed E-state index contributed by atoms with van der Waals surface area (Å²) in [5.41, 5.74) is 0.0226. The lowest BCUT2D eigenvalue weighted by Crippen LogP contribution is -1.99. The molecule has 21 heavy (non-hydrogen) atoms. The Balaban J connectivity index is 2.37. The van der Waals surface area contributed by atoms with Gasteiger partial charge >= 0.3 is 0 Å². The number of sulfone groups is 1. The number of aromatic nitrogens is 2. The van der Waals surface area contributed by atoms with Crippen LogP contribution >= 0.6 is 11.6 Å². The molecule has 0 radical (unpaired) electrons. The summed E-state index contributed by atoms with van der Waals surface area (Å²) in [6, 6.07) is 7.64. The van der Waals surface area contributed by atoms with Crippen LogP contribution in [0.25, 0.3) is 0 Å². The molecule has 0 saturated carbocycles. The number of nitrogens with zero attached hydrogens (tertiary/aromatic N) is 3. The van der Waals surface area contributed by atoms with E-state index < -0.39 is 9.84 Å². The maximum absolute atomic E-state index is 11.4. The Hall–Kier alpha value is -2.17. The van der Waals surface area contributed by atoms with Crippen molar-refractivity contribution in [3.8, 4) is 17.7 Å². The molecule has 0 spiro atoms. The number of aryl methyl sites for hydroxylation is 1. The summed E-state index contributed by atoms with van der Waals surface area (Å²) in [5.74, 6) is 0.733. The summed E-state index contributed by atoms with van der Waals surface area (Å²) < 4.78 is 28.2. The van der Waals surface area contributed by atoms with Crippen molar-refractivity contribution in [1.82, 2.24) is 9.97 Å². The summed E-state index contributed by atoms with van der Waals surface area (Å²) in [6.45, 7) is 1.62. The fourth-order valence-corrected chi connectivity index (χ4v) is 2.42. The van der Waals surface area contributed by atoms with Crippen LogP contribution in [0.3, 0.4) is 0 Å². The van der Waals surface area contributed by atoms with E-state index in [1.165, 1.54) is 24.3 Å². The molecule has 0 unspecified atom stereocenters. The highest BCUT2D eigenvalue weighted by Gasteiger charge is 2.14. The lowest BCUT2D eigenvalue weighted by Gasteiger charge is -2.08. The summed E-state index contributed by atoms with van der Waals surface area (Å²) in [7, 11) is -3.27. The average molecular weight is 324 g/mol. The van der Waals surface area contributed by atoms with Gasteiger partial charge in [0.1, 0.15) is 17.6 Å². The molecule has 0 aliphatic rings. The van der Waals surface area contributed by atoms with Crippen molar-refractivity contribution >= 4 is 21.4 Å². The van der Waals surface area contributed by atoms with Crippen LogP contribution < -0.4 is 4.74 Å². The Morgan fingerprint density at radius 3 is 2.38 bits per heavy atom. The molecule has 2 rings (SSSR count). The second-order valence-electron chi connectivity index (χ2n) is 4.20. The van der Waals surface area contributed by atoms with E-state index in [9.17, 15) is 8.42 Å². The van der Waals surface area contributed by atoms with Gasteiger partial charge in [0.2, 0.25) is 5.88 Å². The van der Waals surface area contributed by atoms with Crippen molar-refractivity contribution in [3.63, 3.8) is 0 Å². The molecule has 0 saturated heterocycles. The maximum Gasteiger partial charge on any atom is 0.242 e. The largest absolute Gasteiger partial charge is 0.437 e. The number of benzene rings is 1. The predicted octanol–water partition coefficient (Wildman–Crippen LogP) is 2.51. The standard InChI is InChI=1S/C13H10ClN3O3S/c1-8-16-12(14)11(7-15)13(17-8)20-9-3-5-10(6-4-9)21(2,18)19/h3-6H,1-2H3. The Labute approximate surface area is 126 Å². The number of nitriles is 1. The number of hydrogen-bond donors (Lipinski definition) is 0. The molecule has 0 amide bonds. The minimum absolute atomic E-state index is 0.00718. The summed E-state index contributed by atoms with van der Waals surface area (Å²) in [6.07, 6.45) is 1.12. The van der Waals surface area contributed by atoms with Gasteiger partial charge in [-0.1, -0.05) is 11.6 Å². The molecule has 2 aromatic rings. The topological polar surface area (TPSA) is 92.9 Å². The second-order valence-corrected chi connectivity index (χ2v) is 6.57. The molecular formula is C13H10ClN3O3S. The van der Waals surface area contributed by atoms with Crippen molar-refractivity contribution < 1.29 is 13.2 Å². The van der Waals surface area contributed by atoms with E-state index in [1.54, 1.807) is 6.92 Å². The van der Waals surface area contributed by atoms with E-state index >= 15 is 0 Å². The molecule has 0 aliphatic heterocycles. The van der Waals surface area contributed by atoms with Gasteiger partial charge in [0, 0.05) is 6.26 Å². The van der Waals surface area contributed by atoms with Gasteiger partial charge in [0.15, 0.2) is 20.6 Å². The average Bonchev–Trinajstić information content (AvgIpc) is 2.38. The third-order valence-electron chi connectivity index (χ3n) is 2.52. The summed E-state index contributed by atoms with van der Waals surface area (Å²) in [5, 5.41) is 9.05. The predicted molar refractivity (Wildman–Crippen MR) is 76.1 cm³/mol. The van der Waals surface area contributed by atoms with E-state index in [0.29, 0.717) is 11.6 Å². The lowest BCUT2D eigenvalue weighted by molar-refractivity contribution is 0.457. The third kappa shape index (κ3) is 3.48. The molecule has 0 N–H and O–H groups in total. The molecule has 6 nitrogen and oxygen atoms in total. The monoisotopic (exact) mass is 323 g/mol. The lowest BCUT2D eigenvalue weighted by atomic mass is 10.3. The fourth-order valence-electron chi connectivity index (χ4n) is 1.55. The molecule has 108 valence electrons. The minimum Gasteiger partial charge on any atom is -0.437 e. The van der Waals surface area contributed by atoms with E-state index in [4.69, 9.17) is 21.6 Å². The third-order valence-corrected chi connectivity index (χ3v) is 3.92. The van der Waals surface area contributed by atoms with Crippen molar-refractivity contribution in [3.05, 3.63) is 40.8 Å². The van der Waals surface area contributed by atoms with Gasteiger partial charge in [-0.25, -0.2) is 13.4 Å². The molecule has 1 aromatic carbocycles. The highest BCUT2D eigenvalue weighted by molar-refractivity contribution is 7.90. The Kier molecular flexibility index (Phi) is 4.11. The number of rotatable bonds is 3. The SMILES string of the molecule is Cc1nc(Cl)c(C#N)c(Oc2ccc(S(C)(=O)=O)cc2)n1. The summed E-state index contributed by atoms with van der Waals surface area (Å²) in [4.78, 5) is 8.05. The highest BCUT2D eigenvalue weighted by Crippen LogP contribution is 2.27. The molecular weight excluding hydrogens is 314 g/mol. The van der Waals surface area contributed by atoms with Gasteiger partial charge in [0.25, 0.3) is 0 Å². The van der Waals surface area contributed by atoms with Crippen molar-refractivity contribution in [1.29, 1.82) is 5.26 Å². The molecule has 0 fully saturated rings. The molecule has 0 bridgehead atoms. The van der Waals surface area contributed by atoms with Crippen LogP contribution in [-0.2, 0) is 9.84 Å². The van der Waals surface area contributed by atoms with Crippen LogP contribution in [0.5, 0.6) is 11.6 Å². The van der Waals surface area contributed by atoms with Crippen LogP contribution in [0.15, 0.2) is 29.2 Å². The number of hydrogen-bond acceptors (Lipinski definition) is 6. The summed E-state index contributed by atoms with van der Waals surface area (Å²) >= 11 is 5.85. The zero-order chi connectivity index (χ0) is 15.6.